The molecule has 0 bridgehead atoms. The van der Waals surface area contributed by atoms with Gasteiger partial charge < -0.3 is 4.98 Å². The number of benzene rings is 2. The van der Waals surface area contributed by atoms with Crippen LogP contribution in [-0.2, 0) is 30.9 Å². The number of aromatic nitrogens is 1. The summed E-state index contributed by atoms with van der Waals surface area (Å²) >= 11 is 0. The van der Waals surface area contributed by atoms with Crippen LogP contribution in [0.25, 0.3) is 22.4 Å². The molecule has 0 amide bonds. The fourth-order valence-electron chi connectivity index (χ4n) is 5.10. The number of hydrogen-bond donors (Lipinski definition) is 0. The standard InChI is InChI=1S/C28H32N.Ir/c1-18-10-9-11-19(2)25(18)21-13-15-24(29-17-21)20-12-14-22-23(16-20)27(5,6)28(7,8)26(22,3)4;/h9-11,13-17H,1-8H3;/q-1;. The van der Waals surface area contributed by atoms with E-state index in [1.165, 1.54) is 33.4 Å². The van der Waals surface area contributed by atoms with Crippen molar-refractivity contribution in [2.45, 2.75) is 66.2 Å². The fraction of sp³-hybridized carbons (Fsp3) is 0.393. The molecule has 2 aromatic carbocycles. The third kappa shape index (κ3) is 3.12. The van der Waals surface area contributed by atoms with Gasteiger partial charge in [0.25, 0.3) is 0 Å². The third-order valence-electron chi connectivity index (χ3n) is 8.23. The van der Waals surface area contributed by atoms with Gasteiger partial charge in [-0.25, -0.2) is 0 Å². The predicted molar refractivity (Wildman–Crippen MR) is 123 cm³/mol. The summed E-state index contributed by atoms with van der Waals surface area (Å²) in [6, 6.07) is 18.8. The van der Waals surface area contributed by atoms with Crippen molar-refractivity contribution in [3.8, 4) is 22.4 Å². The van der Waals surface area contributed by atoms with E-state index in [4.69, 9.17) is 4.98 Å². The van der Waals surface area contributed by atoms with Gasteiger partial charge in [0.15, 0.2) is 0 Å². The second-order valence-corrected chi connectivity index (χ2v) is 10.2. The Bertz CT molecular complexity index is 1070. The average Bonchev–Trinajstić information content (AvgIpc) is 2.77. The molecule has 0 fully saturated rings. The Morgan fingerprint density at radius 2 is 1.40 bits per heavy atom. The summed E-state index contributed by atoms with van der Waals surface area (Å²) in [4.78, 5) is 4.82. The minimum atomic E-state index is 0. The zero-order valence-corrected chi connectivity index (χ0v) is 21.8. The smallest absolute Gasteiger partial charge is 0.0239 e. The Morgan fingerprint density at radius 3 is 1.97 bits per heavy atom. The second kappa shape index (κ2) is 7.43. The van der Waals surface area contributed by atoms with Crippen molar-refractivity contribution in [1.82, 2.24) is 4.98 Å². The summed E-state index contributed by atoms with van der Waals surface area (Å²) in [5.41, 5.74) is 10.3. The monoisotopic (exact) mass is 575 g/mol. The summed E-state index contributed by atoms with van der Waals surface area (Å²) in [6.45, 7) is 18.6. The van der Waals surface area contributed by atoms with Crippen LogP contribution in [0.3, 0.4) is 0 Å². The van der Waals surface area contributed by atoms with Crippen LogP contribution in [0.4, 0.5) is 0 Å². The second-order valence-electron chi connectivity index (χ2n) is 10.2. The molecular weight excluding hydrogens is 543 g/mol. The molecule has 0 saturated heterocycles. The molecule has 0 unspecified atom stereocenters. The molecule has 1 heterocycles. The van der Waals surface area contributed by atoms with E-state index in [2.05, 4.69) is 104 Å². The van der Waals surface area contributed by atoms with Gasteiger partial charge in [-0.1, -0.05) is 71.9 Å². The number of aryl methyl sites for hydroxylation is 2. The van der Waals surface area contributed by atoms with E-state index in [-0.39, 0.29) is 36.4 Å². The quantitative estimate of drug-likeness (QED) is 0.290. The minimum Gasteiger partial charge on any atom is -0.304 e. The van der Waals surface area contributed by atoms with Gasteiger partial charge in [0.2, 0.25) is 0 Å². The Morgan fingerprint density at radius 1 is 0.800 bits per heavy atom. The van der Waals surface area contributed by atoms with Crippen LogP contribution in [0, 0.1) is 25.3 Å². The molecule has 0 aliphatic heterocycles. The van der Waals surface area contributed by atoms with E-state index in [1.54, 1.807) is 0 Å². The van der Waals surface area contributed by atoms with Crippen molar-refractivity contribution in [3.63, 3.8) is 0 Å². The molecule has 3 aromatic rings. The van der Waals surface area contributed by atoms with Crippen LogP contribution in [0.5, 0.6) is 0 Å². The molecule has 1 nitrogen and oxygen atoms in total. The summed E-state index contributed by atoms with van der Waals surface area (Å²) in [5, 5.41) is 0. The van der Waals surface area contributed by atoms with Crippen molar-refractivity contribution in [3.05, 3.63) is 77.0 Å². The molecule has 0 saturated carbocycles. The molecule has 4 rings (SSSR count). The SMILES string of the molecule is Cc1cccc(C)c1-c1ccc(-c2[c-]cc3c(c2)C(C)(C)C(C)(C)C3(C)C)nc1.[Ir]. The molecule has 0 atom stereocenters. The van der Waals surface area contributed by atoms with Gasteiger partial charge in [0.1, 0.15) is 0 Å². The molecular formula is C28H32IrN-. The van der Waals surface area contributed by atoms with Gasteiger partial charge in [-0.15, -0.1) is 34.9 Å². The topological polar surface area (TPSA) is 12.9 Å². The van der Waals surface area contributed by atoms with Gasteiger partial charge in [-0.05, 0) is 58.0 Å². The van der Waals surface area contributed by atoms with Gasteiger partial charge in [-0.2, -0.15) is 0 Å². The molecule has 0 spiro atoms. The maximum atomic E-state index is 4.82. The first-order valence-corrected chi connectivity index (χ1v) is 10.6. The first kappa shape index (κ1) is 22.9. The number of fused-ring (bicyclic) bond motifs is 1. The average molecular weight is 575 g/mol. The zero-order valence-electron chi connectivity index (χ0n) is 19.4. The van der Waals surface area contributed by atoms with Gasteiger partial charge in [0.05, 0.1) is 0 Å². The van der Waals surface area contributed by atoms with E-state index in [9.17, 15) is 0 Å². The van der Waals surface area contributed by atoms with E-state index < -0.39 is 0 Å². The number of rotatable bonds is 2. The molecule has 30 heavy (non-hydrogen) atoms. The summed E-state index contributed by atoms with van der Waals surface area (Å²) in [5.74, 6) is 0. The first-order valence-electron chi connectivity index (χ1n) is 10.6. The van der Waals surface area contributed by atoms with Crippen molar-refractivity contribution in [2.24, 2.45) is 5.41 Å². The Balaban J connectivity index is 0.00000256. The van der Waals surface area contributed by atoms with Crippen LogP contribution >= 0.6 is 0 Å². The first-order chi connectivity index (χ1) is 13.5. The van der Waals surface area contributed by atoms with E-state index in [0.29, 0.717) is 0 Å². The zero-order chi connectivity index (χ0) is 21.2. The molecule has 1 aliphatic rings. The van der Waals surface area contributed by atoms with E-state index in [1.807, 2.05) is 6.20 Å². The maximum Gasteiger partial charge on any atom is 0.0239 e. The minimum absolute atomic E-state index is 0. The molecule has 1 aromatic heterocycles. The summed E-state index contributed by atoms with van der Waals surface area (Å²) in [7, 11) is 0. The van der Waals surface area contributed by atoms with Crippen molar-refractivity contribution >= 4 is 0 Å². The van der Waals surface area contributed by atoms with Gasteiger partial charge >= 0.3 is 0 Å². The largest absolute Gasteiger partial charge is 0.304 e. The molecule has 1 radical (unpaired) electrons. The number of hydrogen-bond acceptors (Lipinski definition) is 1. The van der Waals surface area contributed by atoms with Crippen molar-refractivity contribution < 1.29 is 20.1 Å². The van der Waals surface area contributed by atoms with Crippen LogP contribution in [0.2, 0.25) is 0 Å². The van der Waals surface area contributed by atoms with Crippen LogP contribution in [-0.4, -0.2) is 4.98 Å². The molecule has 2 heteroatoms. The normalized spacial score (nSPS) is 17.9. The summed E-state index contributed by atoms with van der Waals surface area (Å²) in [6.07, 6.45) is 2.00. The maximum absolute atomic E-state index is 4.82. The number of pyridine rings is 1. The van der Waals surface area contributed by atoms with Crippen molar-refractivity contribution in [1.29, 1.82) is 0 Å². The van der Waals surface area contributed by atoms with Gasteiger partial charge in [-0.3, -0.25) is 0 Å². The van der Waals surface area contributed by atoms with Crippen LogP contribution in [0.1, 0.15) is 63.8 Å². The van der Waals surface area contributed by atoms with Crippen molar-refractivity contribution in [2.75, 3.05) is 0 Å². The molecule has 1 aliphatic carbocycles. The summed E-state index contributed by atoms with van der Waals surface area (Å²) < 4.78 is 0. The predicted octanol–water partition coefficient (Wildman–Crippen LogP) is 7.43. The Hall–Kier alpha value is -1.76. The third-order valence-corrected chi connectivity index (χ3v) is 8.23. The Labute approximate surface area is 195 Å². The van der Waals surface area contributed by atoms with E-state index in [0.717, 1.165) is 11.3 Å². The van der Waals surface area contributed by atoms with Crippen LogP contribution in [0.15, 0.2) is 48.7 Å². The molecule has 159 valence electrons. The number of nitrogens with zero attached hydrogens (tertiary/aromatic N) is 1. The Kier molecular flexibility index (Phi) is 5.68. The van der Waals surface area contributed by atoms with E-state index >= 15 is 0 Å². The molecule has 0 N–H and O–H groups in total. The fourth-order valence-corrected chi connectivity index (χ4v) is 5.10. The van der Waals surface area contributed by atoms with Gasteiger partial charge in [0, 0.05) is 26.3 Å². The van der Waals surface area contributed by atoms with Crippen LogP contribution < -0.4 is 0 Å².